The van der Waals surface area contributed by atoms with E-state index in [4.69, 9.17) is 15.7 Å². The van der Waals surface area contributed by atoms with Crippen molar-refractivity contribution in [3.8, 4) is 0 Å². The molecule has 8 nitrogen and oxygen atoms in total. The molecule has 0 spiro atoms. The number of cyclic esters (lactones) is 1. The van der Waals surface area contributed by atoms with Crippen molar-refractivity contribution >= 4 is 5.97 Å². The molecule has 1 aliphatic heterocycles. The van der Waals surface area contributed by atoms with Crippen molar-refractivity contribution in [2.75, 3.05) is 6.61 Å². The van der Waals surface area contributed by atoms with Gasteiger partial charge >= 0.3 is 5.97 Å². The average molecular weight is 203 g/mol. The molecule has 0 radical (unpaired) electrons. The lowest BCUT2D eigenvalue weighted by atomic mass is 10.0. The van der Waals surface area contributed by atoms with E-state index in [1.807, 2.05) is 0 Å². The quantitative estimate of drug-likeness (QED) is 0.217. The molecular weight excluding hydrogens is 194 g/mol. The fraction of sp³-hybridized carbons (Fsp3) is 0.833. The summed E-state index contributed by atoms with van der Waals surface area (Å²) in [5, 5.41) is 30.1. The molecule has 14 heavy (non-hydrogen) atoms. The van der Waals surface area contributed by atoms with Crippen LogP contribution in [0, 0.1) is 0 Å². The number of rotatable bonds is 3. The van der Waals surface area contributed by atoms with Crippen LogP contribution < -0.4 is 0 Å². The van der Waals surface area contributed by atoms with E-state index in [1.165, 1.54) is 0 Å². The first-order valence-corrected chi connectivity index (χ1v) is 3.83. The predicted octanol–water partition coefficient (Wildman–Crippen LogP) is -1.70. The van der Waals surface area contributed by atoms with E-state index in [9.17, 15) is 9.90 Å². The second-order valence-corrected chi connectivity index (χ2v) is 2.79. The lowest BCUT2D eigenvalue weighted by Gasteiger charge is -2.17. The summed E-state index contributed by atoms with van der Waals surface area (Å²) in [6.45, 7) is -0.651. The van der Waals surface area contributed by atoms with E-state index in [1.54, 1.807) is 0 Å². The lowest BCUT2D eigenvalue weighted by molar-refractivity contribution is -0.151. The van der Waals surface area contributed by atoms with Gasteiger partial charge in [-0.25, -0.2) is 4.79 Å². The molecule has 0 aliphatic carbocycles. The Bertz CT molecular complexity index is 277. The molecule has 8 heteroatoms. The van der Waals surface area contributed by atoms with Crippen LogP contribution in [0.2, 0.25) is 0 Å². The molecule has 2 unspecified atom stereocenters. The normalized spacial score (nSPS) is 33.4. The highest BCUT2D eigenvalue weighted by atomic mass is 16.6. The van der Waals surface area contributed by atoms with Crippen molar-refractivity contribution in [1.82, 2.24) is 0 Å². The molecular formula is C6H9N3O5. The standard InChI is InChI=1S/C6H9N3O5/c7-9-8-3-4(12)6(13)14-5(3)2(11)1-10/h2-5,10-12H,1H2/t2-,3?,4-,5?/m1/s1. The van der Waals surface area contributed by atoms with Gasteiger partial charge in [0.2, 0.25) is 0 Å². The van der Waals surface area contributed by atoms with Gasteiger partial charge < -0.3 is 20.1 Å². The van der Waals surface area contributed by atoms with Crippen LogP contribution in [-0.2, 0) is 9.53 Å². The summed E-state index contributed by atoms with van der Waals surface area (Å²) in [5.74, 6) is -0.972. The highest BCUT2D eigenvalue weighted by Crippen LogP contribution is 2.22. The Morgan fingerprint density at radius 3 is 2.86 bits per heavy atom. The van der Waals surface area contributed by atoms with Gasteiger partial charge in [0.1, 0.15) is 18.2 Å². The number of nitrogens with zero attached hydrogens (tertiary/aromatic N) is 3. The average Bonchev–Trinajstić information content (AvgIpc) is 2.45. The van der Waals surface area contributed by atoms with E-state index < -0.39 is 36.9 Å². The zero-order chi connectivity index (χ0) is 10.7. The Hall–Kier alpha value is -1.34. The summed E-state index contributed by atoms with van der Waals surface area (Å²) in [7, 11) is 0. The van der Waals surface area contributed by atoms with Crippen LogP contribution in [0.1, 0.15) is 0 Å². The molecule has 1 heterocycles. The molecule has 1 fully saturated rings. The minimum absolute atomic E-state index is 0.651. The maximum atomic E-state index is 10.8. The van der Waals surface area contributed by atoms with Crippen molar-refractivity contribution in [3.63, 3.8) is 0 Å². The van der Waals surface area contributed by atoms with Crippen LogP contribution in [-0.4, -0.2) is 52.2 Å². The van der Waals surface area contributed by atoms with Gasteiger partial charge in [0.05, 0.1) is 6.61 Å². The molecule has 0 amide bonds. The number of hydrogen-bond acceptors (Lipinski definition) is 6. The van der Waals surface area contributed by atoms with E-state index in [0.717, 1.165) is 0 Å². The van der Waals surface area contributed by atoms with Gasteiger partial charge in [0.15, 0.2) is 6.10 Å². The zero-order valence-electron chi connectivity index (χ0n) is 7.02. The van der Waals surface area contributed by atoms with Crippen molar-refractivity contribution in [2.45, 2.75) is 24.4 Å². The maximum Gasteiger partial charge on any atom is 0.335 e. The van der Waals surface area contributed by atoms with Crippen LogP contribution >= 0.6 is 0 Å². The number of ether oxygens (including phenoxy) is 1. The van der Waals surface area contributed by atoms with E-state index in [-0.39, 0.29) is 0 Å². The van der Waals surface area contributed by atoms with Crippen LogP contribution in [0.3, 0.4) is 0 Å². The summed E-state index contributed by atoms with van der Waals surface area (Å²) >= 11 is 0. The smallest absolute Gasteiger partial charge is 0.335 e. The third-order valence-corrected chi connectivity index (χ3v) is 1.91. The van der Waals surface area contributed by atoms with Crippen molar-refractivity contribution in [2.24, 2.45) is 5.11 Å². The van der Waals surface area contributed by atoms with Gasteiger partial charge in [-0.15, -0.1) is 0 Å². The number of carbonyl (C=O) groups excluding carboxylic acids is 1. The first-order valence-electron chi connectivity index (χ1n) is 3.83. The first-order chi connectivity index (χ1) is 6.61. The van der Waals surface area contributed by atoms with Gasteiger partial charge in [-0.05, 0) is 5.53 Å². The first kappa shape index (κ1) is 10.7. The fourth-order valence-corrected chi connectivity index (χ4v) is 1.19. The highest BCUT2D eigenvalue weighted by Gasteiger charge is 2.46. The minimum atomic E-state index is -1.59. The number of azide groups is 1. The molecule has 0 aromatic carbocycles. The fourth-order valence-electron chi connectivity index (χ4n) is 1.19. The van der Waals surface area contributed by atoms with Gasteiger partial charge in [-0.3, -0.25) is 0 Å². The van der Waals surface area contributed by atoms with Gasteiger partial charge in [-0.1, -0.05) is 5.11 Å². The van der Waals surface area contributed by atoms with Crippen LogP contribution in [0.5, 0.6) is 0 Å². The third-order valence-electron chi connectivity index (χ3n) is 1.91. The molecule has 4 atom stereocenters. The largest absolute Gasteiger partial charge is 0.457 e. The summed E-state index contributed by atoms with van der Waals surface area (Å²) in [5.41, 5.74) is 8.14. The molecule has 1 rings (SSSR count). The Labute approximate surface area is 78.3 Å². The number of aliphatic hydroxyl groups is 3. The number of hydrogen-bond donors (Lipinski definition) is 3. The summed E-state index contributed by atoms with van der Waals surface area (Å²) in [6.07, 6.45) is -4.15. The summed E-state index contributed by atoms with van der Waals surface area (Å²) in [4.78, 5) is 13.3. The summed E-state index contributed by atoms with van der Waals surface area (Å²) < 4.78 is 4.53. The topological polar surface area (TPSA) is 136 Å². The molecule has 1 aliphatic rings. The zero-order valence-corrected chi connectivity index (χ0v) is 7.02. The molecule has 0 bridgehead atoms. The molecule has 0 aromatic heterocycles. The Morgan fingerprint density at radius 2 is 2.36 bits per heavy atom. The van der Waals surface area contributed by atoms with E-state index in [2.05, 4.69) is 14.8 Å². The summed E-state index contributed by atoms with van der Waals surface area (Å²) in [6, 6.07) is -1.20. The van der Waals surface area contributed by atoms with Gasteiger partial charge in [0.25, 0.3) is 0 Å². The van der Waals surface area contributed by atoms with Crippen LogP contribution in [0.4, 0.5) is 0 Å². The van der Waals surface area contributed by atoms with E-state index >= 15 is 0 Å². The van der Waals surface area contributed by atoms with Crippen molar-refractivity contribution < 1.29 is 24.9 Å². The minimum Gasteiger partial charge on any atom is -0.457 e. The monoisotopic (exact) mass is 203 g/mol. The Kier molecular flexibility index (Phi) is 3.26. The third kappa shape index (κ3) is 1.78. The van der Waals surface area contributed by atoms with E-state index in [0.29, 0.717) is 0 Å². The second kappa shape index (κ2) is 4.25. The molecule has 1 saturated heterocycles. The lowest BCUT2D eigenvalue weighted by Crippen LogP contribution is -2.39. The van der Waals surface area contributed by atoms with Gasteiger partial charge in [0, 0.05) is 4.91 Å². The molecule has 3 N–H and O–H groups in total. The van der Waals surface area contributed by atoms with Crippen molar-refractivity contribution in [3.05, 3.63) is 10.4 Å². The Balaban J connectivity index is 2.84. The second-order valence-electron chi connectivity index (χ2n) is 2.79. The Morgan fingerprint density at radius 1 is 1.71 bits per heavy atom. The van der Waals surface area contributed by atoms with Crippen molar-refractivity contribution in [1.29, 1.82) is 0 Å². The SMILES string of the molecule is [N-]=[N+]=NC1C([C@H](O)CO)OC(=O)[C@@H]1O. The molecule has 0 saturated carbocycles. The highest BCUT2D eigenvalue weighted by molar-refractivity contribution is 5.78. The number of carbonyl (C=O) groups is 1. The molecule has 0 aromatic rings. The van der Waals surface area contributed by atoms with Crippen LogP contribution in [0.15, 0.2) is 5.11 Å². The predicted molar refractivity (Wildman–Crippen MR) is 41.9 cm³/mol. The van der Waals surface area contributed by atoms with Gasteiger partial charge in [-0.2, -0.15) is 0 Å². The number of esters is 1. The maximum absolute atomic E-state index is 10.8. The molecule has 78 valence electrons. The number of aliphatic hydroxyl groups excluding tert-OH is 3. The van der Waals surface area contributed by atoms with Crippen LogP contribution in [0.25, 0.3) is 10.4 Å².